The Bertz CT molecular complexity index is 933. The van der Waals surface area contributed by atoms with Crippen molar-refractivity contribution in [1.82, 2.24) is 0 Å². The number of hydrogen-bond acceptors (Lipinski definition) is 2. The molecule has 4 heteroatoms. The summed E-state index contributed by atoms with van der Waals surface area (Å²) in [7, 11) is 0. The molecule has 0 fully saturated rings. The molecular formula is C22H22ClNO2. The predicted octanol–water partition coefficient (Wildman–Crippen LogP) is 6.79. The van der Waals surface area contributed by atoms with Crippen molar-refractivity contribution >= 4 is 34.2 Å². The molecule has 0 aromatic heterocycles. The molecule has 0 heterocycles. The van der Waals surface area contributed by atoms with Crippen molar-refractivity contribution in [2.24, 2.45) is 0 Å². The van der Waals surface area contributed by atoms with E-state index in [2.05, 4.69) is 26.1 Å². The first-order valence-corrected chi connectivity index (χ1v) is 9.15. The largest absolute Gasteiger partial charge is 0.417 e. The normalized spacial score (nSPS) is 11.0. The molecule has 0 atom stereocenters. The van der Waals surface area contributed by atoms with Gasteiger partial charge in [0.1, 0.15) is 5.75 Å². The fourth-order valence-electron chi connectivity index (χ4n) is 2.97. The Balaban J connectivity index is 1.84. The van der Waals surface area contributed by atoms with Crippen LogP contribution in [0.25, 0.3) is 10.8 Å². The molecule has 0 spiro atoms. The second-order valence-corrected chi connectivity index (χ2v) is 6.98. The number of carbonyl (C=O) groups is 1. The Kier molecular flexibility index (Phi) is 5.48. The molecule has 0 saturated heterocycles. The van der Waals surface area contributed by atoms with Crippen LogP contribution in [0.4, 0.5) is 10.5 Å². The highest BCUT2D eigenvalue weighted by molar-refractivity contribution is 6.35. The van der Waals surface area contributed by atoms with Gasteiger partial charge < -0.3 is 4.74 Å². The van der Waals surface area contributed by atoms with Crippen molar-refractivity contribution in [1.29, 1.82) is 0 Å². The van der Waals surface area contributed by atoms with Crippen LogP contribution in [0.3, 0.4) is 0 Å². The maximum absolute atomic E-state index is 12.3. The number of nitrogens with one attached hydrogen (secondary N) is 1. The number of aryl methyl sites for hydroxylation is 1. The van der Waals surface area contributed by atoms with E-state index < -0.39 is 6.09 Å². The van der Waals surface area contributed by atoms with E-state index >= 15 is 0 Å². The lowest BCUT2D eigenvalue weighted by Crippen LogP contribution is -2.16. The van der Waals surface area contributed by atoms with E-state index in [1.807, 2.05) is 54.6 Å². The molecule has 0 bridgehead atoms. The third-order valence-electron chi connectivity index (χ3n) is 4.37. The first-order valence-electron chi connectivity index (χ1n) is 8.78. The van der Waals surface area contributed by atoms with Crippen LogP contribution in [0.5, 0.6) is 5.75 Å². The molecule has 3 rings (SSSR count). The van der Waals surface area contributed by atoms with Gasteiger partial charge >= 0.3 is 6.09 Å². The molecule has 0 radical (unpaired) electrons. The maximum Gasteiger partial charge on any atom is 0.417 e. The minimum atomic E-state index is -0.509. The van der Waals surface area contributed by atoms with Crippen molar-refractivity contribution < 1.29 is 9.53 Å². The van der Waals surface area contributed by atoms with Gasteiger partial charge in [-0.3, -0.25) is 5.32 Å². The van der Waals surface area contributed by atoms with Crippen LogP contribution in [0.1, 0.15) is 37.8 Å². The number of benzene rings is 3. The molecule has 26 heavy (non-hydrogen) atoms. The summed E-state index contributed by atoms with van der Waals surface area (Å²) >= 11 is 6.38. The fourth-order valence-corrected chi connectivity index (χ4v) is 3.27. The zero-order chi connectivity index (χ0) is 18.7. The zero-order valence-corrected chi connectivity index (χ0v) is 15.9. The Labute approximate surface area is 158 Å². The van der Waals surface area contributed by atoms with Crippen LogP contribution in [0, 0.1) is 0 Å². The number of hydrogen-bond donors (Lipinski definition) is 1. The summed E-state index contributed by atoms with van der Waals surface area (Å²) in [6.45, 7) is 6.28. The summed E-state index contributed by atoms with van der Waals surface area (Å²) in [6, 6.07) is 17.2. The van der Waals surface area contributed by atoms with Crippen LogP contribution in [-0.2, 0) is 6.42 Å². The molecule has 0 unspecified atom stereocenters. The van der Waals surface area contributed by atoms with Crippen LogP contribution < -0.4 is 10.1 Å². The van der Waals surface area contributed by atoms with Crippen LogP contribution in [-0.4, -0.2) is 6.09 Å². The van der Waals surface area contributed by atoms with Gasteiger partial charge in [-0.2, -0.15) is 0 Å². The second-order valence-electron chi connectivity index (χ2n) is 6.57. The molecule has 3 aromatic carbocycles. The molecular weight excluding hydrogens is 346 g/mol. The van der Waals surface area contributed by atoms with Gasteiger partial charge in [-0.1, -0.05) is 56.6 Å². The smallest absolute Gasteiger partial charge is 0.410 e. The third-order valence-corrected chi connectivity index (χ3v) is 4.69. The summed E-state index contributed by atoms with van der Waals surface area (Å²) < 4.78 is 5.52. The summed E-state index contributed by atoms with van der Waals surface area (Å²) in [5.41, 5.74) is 2.99. The van der Waals surface area contributed by atoms with E-state index in [9.17, 15) is 4.79 Å². The molecule has 0 aliphatic heterocycles. The highest BCUT2D eigenvalue weighted by Crippen LogP contribution is 2.35. The number of anilines is 1. The van der Waals surface area contributed by atoms with E-state index in [4.69, 9.17) is 16.3 Å². The van der Waals surface area contributed by atoms with E-state index in [1.54, 1.807) is 0 Å². The van der Waals surface area contributed by atoms with E-state index in [1.165, 1.54) is 5.56 Å². The van der Waals surface area contributed by atoms with E-state index in [0.717, 1.165) is 22.8 Å². The van der Waals surface area contributed by atoms with Crippen LogP contribution in [0.15, 0.2) is 54.6 Å². The average Bonchev–Trinajstić information content (AvgIpc) is 2.61. The van der Waals surface area contributed by atoms with Crippen molar-refractivity contribution in [2.75, 3.05) is 5.32 Å². The Morgan fingerprint density at radius 2 is 1.85 bits per heavy atom. The highest BCUT2D eigenvalue weighted by atomic mass is 35.5. The predicted molar refractivity (Wildman–Crippen MR) is 109 cm³/mol. The van der Waals surface area contributed by atoms with Crippen LogP contribution in [0.2, 0.25) is 5.02 Å². The summed E-state index contributed by atoms with van der Waals surface area (Å²) in [6.07, 6.45) is 0.452. The van der Waals surface area contributed by atoms with E-state index in [0.29, 0.717) is 16.5 Å². The molecule has 1 amide bonds. The van der Waals surface area contributed by atoms with Crippen molar-refractivity contribution in [3.63, 3.8) is 0 Å². The quantitative estimate of drug-likeness (QED) is 0.551. The average molecular weight is 368 g/mol. The molecule has 3 nitrogen and oxygen atoms in total. The van der Waals surface area contributed by atoms with Crippen molar-refractivity contribution in [2.45, 2.75) is 33.1 Å². The third kappa shape index (κ3) is 4.00. The maximum atomic E-state index is 12.3. The Morgan fingerprint density at radius 1 is 1.12 bits per heavy atom. The number of ether oxygens (including phenoxy) is 1. The lowest BCUT2D eigenvalue weighted by atomic mass is 9.95. The highest BCUT2D eigenvalue weighted by Gasteiger charge is 2.13. The van der Waals surface area contributed by atoms with Gasteiger partial charge in [0.05, 0.1) is 0 Å². The number of carbonyl (C=O) groups excluding carboxylic acids is 1. The topological polar surface area (TPSA) is 38.3 Å². The second kappa shape index (κ2) is 7.79. The zero-order valence-electron chi connectivity index (χ0n) is 15.2. The number of amides is 1. The van der Waals surface area contributed by atoms with Gasteiger partial charge in [-0.15, -0.1) is 0 Å². The van der Waals surface area contributed by atoms with Crippen molar-refractivity contribution in [3.8, 4) is 5.75 Å². The molecule has 134 valence electrons. The van der Waals surface area contributed by atoms with Gasteiger partial charge in [-0.05, 0) is 59.2 Å². The first-order chi connectivity index (χ1) is 12.5. The molecule has 0 aliphatic rings. The Hall–Kier alpha value is -2.52. The lowest BCUT2D eigenvalue weighted by Gasteiger charge is -2.14. The van der Waals surface area contributed by atoms with Gasteiger partial charge in [0.15, 0.2) is 0 Å². The summed E-state index contributed by atoms with van der Waals surface area (Å²) in [4.78, 5) is 12.3. The first kappa shape index (κ1) is 18.3. The minimum Gasteiger partial charge on any atom is -0.410 e. The summed E-state index contributed by atoms with van der Waals surface area (Å²) in [5, 5.41) is 5.43. The van der Waals surface area contributed by atoms with Gasteiger partial charge in [-0.25, -0.2) is 4.79 Å². The molecule has 1 N–H and O–H groups in total. The minimum absolute atomic E-state index is 0.255. The number of halogens is 1. The lowest BCUT2D eigenvalue weighted by molar-refractivity contribution is 0.215. The van der Waals surface area contributed by atoms with E-state index in [-0.39, 0.29) is 5.92 Å². The Morgan fingerprint density at radius 3 is 2.50 bits per heavy atom. The SMILES string of the molecule is CCc1ccc(NC(=O)Oc2cc(C(C)C)c3c(Cl)cccc3c2)cc1. The number of rotatable bonds is 4. The number of fused-ring (bicyclic) bond motifs is 1. The molecule has 3 aromatic rings. The molecule has 0 saturated carbocycles. The fraction of sp³-hybridized carbons (Fsp3) is 0.227. The van der Waals surface area contributed by atoms with Gasteiger partial charge in [0, 0.05) is 16.1 Å². The van der Waals surface area contributed by atoms with Gasteiger partial charge in [0.2, 0.25) is 0 Å². The standard InChI is InChI=1S/C22H22ClNO2/c1-4-15-8-10-17(11-9-15)24-22(25)26-18-12-16-6-5-7-20(23)21(16)19(13-18)14(2)3/h5-14H,4H2,1-3H3,(H,24,25). The monoisotopic (exact) mass is 367 g/mol. The summed E-state index contributed by atoms with van der Waals surface area (Å²) in [5.74, 6) is 0.761. The van der Waals surface area contributed by atoms with Crippen LogP contribution >= 0.6 is 11.6 Å². The molecule has 0 aliphatic carbocycles. The van der Waals surface area contributed by atoms with Gasteiger partial charge in [0.25, 0.3) is 0 Å². The van der Waals surface area contributed by atoms with Crippen molar-refractivity contribution in [3.05, 3.63) is 70.7 Å².